The minimum Gasteiger partial charge on any atom is -0.497 e. The summed E-state index contributed by atoms with van der Waals surface area (Å²) in [4.78, 5) is 5.97. The van der Waals surface area contributed by atoms with E-state index in [-0.39, 0.29) is 36.6 Å². The number of likely N-dealkylation sites (N-methyl/N-ethyl adjacent to an activating group) is 1. The van der Waals surface area contributed by atoms with Crippen LogP contribution in [0.4, 0.5) is 13.2 Å². The third-order valence-corrected chi connectivity index (χ3v) is 3.49. The molecule has 1 unspecified atom stereocenters. The molecule has 1 atom stereocenters. The maximum Gasteiger partial charge on any atom is 0.390 e. The fourth-order valence-electron chi connectivity index (χ4n) is 2.18. The topological polar surface area (TPSA) is 48.9 Å². The van der Waals surface area contributed by atoms with Crippen LogP contribution in [0, 0.1) is 0 Å². The van der Waals surface area contributed by atoms with Crippen molar-refractivity contribution in [2.45, 2.75) is 18.6 Å². The maximum atomic E-state index is 12.2. The zero-order valence-corrected chi connectivity index (χ0v) is 17.2. The predicted molar refractivity (Wildman–Crippen MR) is 105 cm³/mol. The Balaban J connectivity index is 0.00000576. The van der Waals surface area contributed by atoms with Crippen LogP contribution in [0.2, 0.25) is 0 Å². The molecule has 144 valence electrons. The Morgan fingerprint density at radius 1 is 1.28 bits per heavy atom. The Morgan fingerprint density at radius 3 is 2.48 bits per heavy atom. The van der Waals surface area contributed by atoms with Gasteiger partial charge in [0.15, 0.2) is 5.96 Å². The second-order valence-electron chi connectivity index (χ2n) is 5.50. The number of alkyl halides is 3. The molecular formula is C16H26F3IN4O. The summed E-state index contributed by atoms with van der Waals surface area (Å²) >= 11 is 0. The lowest BCUT2D eigenvalue weighted by molar-refractivity contribution is -0.132. The van der Waals surface area contributed by atoms with Gasteiger partial charge in [-0.1, -0.05) is 12.1 Å². The third kappa shape index (κ3) is 9.15. The highest BCUT2D eigenvalue weighted by atomic mass is 127. The van der Waals surface area contributed by atoms with Gasteiger partial charge in [0, 0.05) is 20.1 Å². The van der Waals surface area contributed by atoms with Gasteiger partial charge >= 0.3 is 6.18 Å². The first-order chi connectivity index (χ1) is 11.3. The van der Waals surface area contributed by atoms with Crippen LogP contribution in [0.25, 0.3) is 0 Å². The number of guanidine groups is 1. The average Bonchev–Trinajstić information content (AvgIpc) is 2.52. The summed E-state index contributed by atoms with van der Waals surface area (Å²) in [5.41, 5.74) is 1.04. The van der Waals surface area contributed by atoms with Crippen LogP contribution >= 0.6 is 24.0 Å². The molecule has 1 aromatic carbocycles. The molecule has 0 amide bonds. The SMILES string of the molecule is CN=C(NCCC(F)(F)F)NCC(c1cccc(OC)c1)N(C)C.I. The number of ether oxygens (including phenoxy) is 1. The number of nitrogens with one attached hydrogen (secondary N) is 2. The number of halogens is 4. The van der Waals surface area contributed by atoms with Crippen molar-refractivity contribution in [2.24, 2.45) is 4.99 Å². The quantitative estimate of drug-likeness (QED) is 0.363. The van der Waals surface area contributed by atoms with Gasteiger partial charge in [0.05, 0.1) is 19.6 Å². The van der Waals surface area contributed by atoms with E-state index in [0.717, 1.165) is 11.3 Å². The first kappa shape index (κ1) is 23.8. The molecule has 2 N–H and O–H groups in total. The maximum absolute atomic E-state index is 12.2. The second kappa shape index (κ2) is 11.4. The van der Waals surface area contributed by atoms with Crippen LogP contribution in [-0.4, -0.2) is 58.4 Å². The molecule has 0 aliphatic rings. The van der Waals surface area contributed by atoms with Gasteiger partial charge < -0.3 is 20.3 Å². The molecule has 0 saturated carbocycles. The molecule has 25 heavy (non-hydrogen) atoms. The monoisotopic (exact) mass is 474 g/mol. The van der Waals surface area contributed by atoms with Crippen LogP contribution in [0.5, 0.6) is 5.75 Å². The van der Waals surface area contributed by atoms with Gasteiger partial charge in [0.1, 0.15) is 5.75 Å². The Bertz CT molecular complexity index is 538. The number of hydrogen-bond donors (Lipinski definition) is 2. The van der Waals surface area contributed by atoms with Gasteiger partial charge in [-0.2, -0.15) is 13.2 Å². The van der Waals surface area contributed by atoms with E-state index in [1.54, 1.807) is 7.11 Å². The van der Waals surface area contributed by atoms with Crippen LogP contribution < -0.4 is 15.4 Å². The van der Waals surface area contributed by atoms with E-state index in [9.17, 15) is 13.2 Å². The summed E-state index contributed by atoms with van der Waals surface area (Å²) in [6, 6.07) is 7.70. The third-order valence-electron chi connectivity index (χ3n) is 3.49. The van der Waals surface area contributed by atoms with Gasteiger partial charge in [0.2, 0.25) is 0 Å². The molecule has 0 saturated heterocycles. The molecule has 0 fully saturated rings. The van der Waals surface area contributed by atoms with Crippen molar-refractivity contribution in [3.05, 3.63) is 29.8 Å². The average molecular weight is 474 g/mol. The summed E-state index contributed by atoms with van der Waals surface area (Å²) in [5.74, 6) is 1.10. The highest BCUT2D eigenvalue weighted by Crippen LogP contribution is 2.22. The summed E-state index contributed by atoms with van der Waals surface area (Å²) in [6.45, 7) is 0.279. The summed E-state index contributed by atoms with van der Waals surface area (Å²) in [7, 11) is 7.00. The van der Waals surface area contributed by atoms with Crippen molar-refractivity contribution >= 4 is 29.9 Å². The van der Waals surface area contributed by atoms with Gasteiger partial charge in [-0.05, 0) is 31.8 Å². The van der Waals surface area contributed by atoms with Crippen LogP contribution in [0.15, 0.2) is 29.3 Å². The summed E-state index contributed by atoms with van der Waals surface area (Å²) in [5, 5.41) is 5.73. The zero-order valence-electron chi connectivity index (χ0n) is 14.9. The van der Waals surface area contributed by atoms with Crippen molar-refractivity contribution in [1.82, 2.24) is 15.5 Å². The molecule has 0 bridgehead atoms. The van der Waals surface area contributed by atoms with Crippen molar-refractivity contribution in [1.29, 1.82) is 0 Å². The molecular weight excluding hydrogens is 448 g/mol. The van der Waals surface area contributed by atoms with E-state index in [1.165, 1.54) is 7.05 Å². The Labute approximate surface area is 164 Å². The Kier molecular flexibility index (Phi) is 10.8. The predicted octanol–water partition coefficient (Wildman–Crippen LogP) is 3.03. The van der Waals surface area contributed by atoms with E-state index in [4.69, 9.17) is 4.74 Å². The lowest BCUT2D eigenvalue weighted by atomic mass is 10.1. The summed E-state index contributed by atoms with van der Waals surface area (Å²) < 4.78 is 41.8. The highest BCUT2D eigenvalue weighted by Gasteiger charge is 2.26. The van der Waals surface area contributed by atoms with E-state index < -0.39 is 12.6 Å². The second-order valence-corrected chi connectivity index (χ2v) is 5.50. The zero-order chi connectivity index (χ0) is 18.2. The van der Waals surface area contributed by atoms with Crippen LogP contribution in [0.1, 0.15) is 18.0 Å². The first-order valence-electron chi connectivity index (χ1n) is 7.58. The lowest BCUT2D eigenvalue weighted by Crippen LogP contribution is -2.42. The first-order valence-corrected chi connectivity index (χ1v) is 7.58. The summed E-state index contributed by atoms with van der Waals surface area (Å²) in [6.07, 6.45) is -5.08. The molecule has 0 heterocycles. The van der Waals surface area contributed by atoms with E-state index >= 15 is 0 Å². The van der Waals surface area contributed by atoms with Crippen LogP contribution in [-0.2, 0) is 0 Å². The molecule has 0 aliphatic heterocycles. The van der Waals surface area contributed by atoms with Crippen molar-refractivity contribution < 1.29 is 17.9 Å². The molecule has 1 rings (SSSR count). The fourth-order valence-corrected chi connectivity index (χ4v) is 2.18. The normalized spacial score (nSPS) is 13.2. The Morgan fingerprint density at radius 2 is 1.96 bits per heavy atom. The van der Waals surface area contributed by atoms with Gasteiger partial charge in [0.25, 0.3) is 0 Å². The minimum absolute atomic E-state index is 0. The van der Waals surface area contributed by atoms with Crippen molar-refractivity contribution in [3.8, 4) is 5.75 Å². The minimum atomic E-state index is -4.18. The molecule has 5 nitrogen and oxygen atoms in total. The molecule has 0 spiro atoms. The van der Waals surface area contributed by atoms with Gasteiger partial charge in [-0.15, -0.1) is 24.0 Å². The number of benzene rings is 1. The van der Waals surface area contributed by atoms with E-state index in [2.05, 4.69) is 15.6 Å². The van der Waals surface area contributed by atoms with E-state index in [1.807, 2.05) is 43.3 Å². The highest BCUT2D eigenvalue weighted by molar-refractivity contribution is 14.0. The number of hydrogen-bond acceptors (Lipinski definition) is 3. The van der Waals surface area contributed by atoms with E-state index in [0.29, 0.717) is 12.5 Å². The molecule has 0 aromatic heterocycles. The van der Waals surface area contributed by atoms with Crippen molar-refractivity contribution in [2.75, 3.05) is 41.3 Å². The standard InChI is InChI=1S/C16H25F3N4O.HI/c1-20-15(21-9-8-16(17,18)19)22-11-14(23(2)3)12-6-5-7-13(10-12)24-4;/h5-7,10,14H,8-9,11H2,1-4H3,(H2,20,21,22);1H. The number of nitrogens with zero attached hydrogens (tertiary/aromatic N) is 2. The molecule has 0 aliphatic carbocycles. The number of rotatable bonds is 7. The molecule has 0 radical (unpaired) electrons. The fraction of sp³-hybridized carbons (Fsp3) is 0.562. The largest absolute Gasteiger partial charge is 0.497 e. The number of methoxy groups -OCH3 is 1. The Hall–Kier alpha value is -1.23. The van der Waals surface area contributed by atoms with Gasteiger partial charge in [-0.3, -0.25) is 4.99 Å². The smallest absolute Gasteiger partial charge is 0.390 e. The molecule has 9 heteroatoms. The lowest BCUT2D eigenvalue weighted by Gasteiger charge is -2.26. The van der Waals surface area contributed by atoms with Crippen molar-refractivity contribution in [3.63, 3.8) is 0 Å². The number of aliphatic imine (C=N–C) groups is 1. The van der Waals surface area contributed by atoms with Gasteiger partial charge in [-0.25, -0.2) is 0 Å². The molecule has 1 aromatic rings. The van der Waals surface area contributed by atoms with Crippen LogP contribution in [0.3, 0.4) is 0 Å².